The number of anilines is 1. The first kappa shape index (κ1) is 18.4. The lowest BCUT2D eigenvalue weighted by Gasteiger charge is -2.20. The number of fused-ring (bicyclic) bond motifs is 1. The number of nitrogens with zero attached hydrogens (tertiary/aromatic N) is 3. The van der Waals surface area contributed by atoms with Gasteiger partial charge in [-0.2, -0.15) is 4.98 Å². The highest BCUT2D eigenvalue weighted by molar-refractivity contribution is 9.10. The maximum atomic E-state index is 11.9. The Labute approximate surface area is 146 Å². The Morgan fingerprint density at radius 3 is 2.76 bits per heavy atom. The smallest absolute Gasteiger partial charge is 0.280 e. The summed E-state index contributed by atoms with van der Waals surface area (Å²) in [5.74, 6) is -0.202. The second-order valence-electron chi connectivity index (χ2n) is 5.18. The predicted molar refractivity (Wildman–Crippen MR) is 82.0 cm³/mol. The topological polar surface area (TPSA) is 209 Å². The van der Waals surface area contributed by atoms with Crippen molar-refractivity contribution in [2.45, 2.75) is 24.5 Å². The number of rotatable bonds is 4. The van der Waals surface area contributed by atoms with E-state index < -0.39 is 44.5 Å². The SMILES string of the molecule is Nc1nc2c(nc(Br)n2C2OC(COP(=O)([O-])O)C(O)C2O)c(=O)[nH]1. The zero-order valence-corrected chi connectivity index (χ0v) is 14.6. The summed E-state index contributed by atoms with van der Waals surface area (Å²) in [6.07, 6.45) is -5.63. The van der Waals surface area contributed by atoms with Crippen LogP contribution >= 0.6 is 23.8 Å². The van der Waals surface area contributed by atoms with Gasteiger partial charge in [-0.3, -0.25) is 18.9 Å². The van der Waals surface area contributed by atoms with Gasteiger partial charge >= 0.3 is 0 Å². The third-order valence-corrected chi connectivity index (χ3v) is 4.55. The number of aliphatic hydroxyl groups is 2. The van der Waals surface area contributed by atoms with Crippen molar-refractivity contribution < 1.29 is 33.8 Å². The van der Waals surface area contributed by atoms with E-state index in [1.807, 2.05) is 0 Å². The summed E-state index contributed by atoms with van der Waals surface area (Å²) in [6, 6.07) is 0. The Kier molecular flexibility index (Phi) is 4.72. The molecular formula is C10H12BrN5O8P-. The number of phosphoric ester groups is 1. The van der Waals surface area contributed by atoms with Crippen molar-refractivity contribution >= 4 is 40.9 Å². The minimum atomic E-state index is -5.03. The van der Waals surface area contributed by atoms with Crippen LogP contribution in [0.1, 0.15) is 6.23 Å². The molecular weight excluding hydrogens is 429 g/mol. The Balaban J connectivity index is 1.97. The van der Waals surface area contributed by atoms with Crippen LogP contribution in [0.3, 0.4) is 0 Å². The van der Waals surface area contributed by atoms with Gasteiger partial charge in [-0.25, -0.2) is 4.98 Å². The summed E-state index contributed by atoms with van der Waals surface area (Å²) < 4.78 is 21.5. The van der Waals surface area contributed by atoms with Crippen molar-refractivity contribution in [3.8, 4) is 0 Å². The summed E-state index contributed by atoms with van der Waals surface area (Å²) in [5.41, 5.74) is 4.76. The van der Waals surface area contributed by atoms with Crippen LogP contribution in [0.25, 0.3) is 11.2 Å². The summed E-state index contributed by atoms with van der Waals surface area (Å²) in [4.78, 5) is 41.3. The number of hydrogen-bond donors (Lipinski definition) is 5. The number of aliphatic hydroxyl groups excluding tert-OH is 2. The van der Waals surface area contributed by atoms with E-state index in [0.717, 1.165) is 0 Å². The van der Waals surface area contributed by atoms with E-state index in [0.29, 0.717) is 0 Å². The molecule has 138 valence electrons. The molecule has 13 nitrogen and oxygen atoms in total. The molecule has 3 rings (SSSR count). The molecule has 2 aromatic heterocycles. The number of nitrogens with one attached hydrogen (secondary N) is 1. The van der Waals surface area contributed by atoms with Crippen LogP contribution in [0, 0.1) is 0 Å². The third-order valence-electron chi connectivity index (χ3n) is 3.52. The van der Waals surface area contributed by atoms with Crippen LogP contribution in [-0.2, 0) is 13.8 Å². The highest BCUT2D eigenvalue weighted by atomic mass is 79.9. The van der Waals surface area contributed by atoms with Gasteiger partial charge in [-0.15, -0.1) is 0 Å². The van der Waals surface area contributed by atoms with Gasteiger partial charge in [0.1, 0.15) is 18.3 Å². The van der Waals surface area contributed by atoms with Gasteiger partial charge < -0.3 is 35.0 Å². The van der Waals surface area contributed by atoms with Gasteiger partial charge in [0, 0.05) is 0 Å². The van der Waals surface area contributed by atoms with Gasteiger partial charge in [0.15, 0.2) is 22.1 Å². The van der Waals surface area contributed by atoms with Gasteiger partial charge in [0.05, 0.1) is 6.61 Å². The molecule has 1 saturated heterocycles. The number of imidazole rings is 1. The van der Waals surface area contributed by atoms with Gasteiger partial charge in [0.25, 0.3) is 13.4 Å². The van der Waals surface area contributed by atoms with Crippen molar-refractivity contribution in [2.24, 2.45) is 0 Å². The zero-order valence-electron chi connectivity index (χ0n) is 12.1. The van der Waals surface area contributed by atoms with Crippen LogP contribution < -0.4 is 16.2 Å². The number of phosphoric acid groups is 1. The van der Waals surface area contributed by atoms with Crippen LogP contribution in [-0.4, -0.2) is 59.5 Å². The molecule has 0 amide bonds. The number of hydrogen-bond acceptors (Lipinski definition) is 10. The first-order valence-corrected chi connectivity index (χ1v) is 9.00. The largest absolute Gasteiger partial charge is 0.756 e. The Morgan fingerprint density at radius 1 is 1.44 bits per heavy atom. The Morgan fingerprint density at radius 2 is 2.12 bits per heavy atom. The minimum absolute atomic E-state index is 0.0254. The van der Waals surface area contributed by atoms with Crippen molar-refractivity contribution in [1.82, 2.24) is 19.5 Å². The molecule has 3 heterocycles. The maximum absolute atomic E-state index is 11.9. The predicted octanol–water partition coefficient (Wildman–Crippen LogP) is -2.44. The molecule has 0 bridgehead atoms. The minimum Gasteiger partial charge on any atom is -0.756 e. The Hall–Kier alpha value is -1.38. The fourth-order valence-electron chi connectivity index (χ4n) is 2.45. The van der Waals surface area contributed by atoms with E-state index in [9.17, 15) is 24.5 Å². The molecule has 5 atom stereocenters. The molecule has 1 aliphatic rings. The standard InChI is InChI=1S/C10H13BrN5O8P/c11-9-13-3-6(14-10(12)15-7(3)19)16(9)8-5(18)4(17)2(24-8)1-23-25(20,21)22/h2,4-5,8,17-18H,1H2,(H2,20,21,22)(H3,12,14,15,19)/p-1. The zero-order chi connectivity index (χ0) is 18.5. The second-order valence-corrected chi connectivity index (χ2v) is 7.09. The molecule has 0 spiro atoms. The summed E-state index contributed by atoms with van der Waals surface area (Å²) in [6.45, 7) is -0.730. The molecule has 2 aromatic rings. The second kappa shape index (κ2) is 6.41. The summed E-state index contributed by atoms with van der Waals surface area (Å²) >= 11 is 3.10. The highest BCUT2D eigenvalue weighted by Gasteiger charge is 2.45. The van der Waals surface area contributed by atoms with E-state index in [1.54, 1.807) is 0 Å². The fraction of sp³-hybridized carbons (Fsp3) is 0.500. The maximum Gasteiger partial charge on any atom is 0.280 e. The van der Waals surface area contributed by atoms with E-state index in [-0.39, 0.29) is 21.8 Å². The average Bonchev–Trinajstić information content (AvgIpc) is 2.95. The Bertz CT molecular complexity index is 911. The van der Waals surface area contributed by atoms with Crippen molar-refractivity contribution in [1.29, 1.82) is 0 Å². The number of H-pyrrole nitrogens is 1. The van der Waals surface area contributed by atoms with Gasteiger partial charge in [0.2, 0.25) is 5.95 Å². The number of aromatic amines is 1. The third kappa shape index (κ3) is 3.47. The van der Waals surface area contributed by atoms with Crippen LogP contribution in [0.2, 0.25) is 0 Å². The highest BCUT2D eigenvalue weighted by Crippen LogP contribution is 2.37. The van der Waals surface area contributed by atoms with Crippen molar-refractivity contribution in [3.63, 3.8) is 0 Å². The van der Waals surface area contributed by atoms with Crippen LogP contribution in [0.15, 0.2) is 9.53 Å². The molecule has 0 saturated carbocycles. The fourth-order valence-corrected chi connectivity index (χ4v) is 3.33. The number of aromatic nitrogens is 4. The molecule has 0 aliphatic carbocycles. The molecule has 5 unspecified atom stereocenters. The number of nitrogen functional groups attached to an aromatic ring is 1. The first-order valence-electron chi connectivity index (χ1n) is 6.71. The molecule has 25 heavy (non-hydrogen) atoms. The summed E-state index contributed by atoms with van der Waals surface area (Å²) in [7, 11) is -5.03. The lowest BCUT2D eigenvalue weighted by molar-refractivity contribution is -0.222. The van der Waals surface area contributed by atoms with E-state index >= 15 is 0 Å². The van der Waals surface area contributed by atoms with Crippen molar-refractivity contribution in [2.75, 3.05) is 12.3 Å². The number of nitrogens with two attached hydrogens (primary N) is 1. The van der Waals surface area contributed by atoms with Gasteiger partial charge in [-0.05, 0) is 15.9 Å². The summed E-state index contributed by atoms with van der Waals surface area (Å²) in [5, 5.41) is 20.2. The van der Waals surface area contributed by atoms with E-state index in [4.69, 9.17) is 15.4 Å². The van der Waals surface area contributed by atoms with Crippen molar-refractivity contribution in [3.05, 3.63) is 15.1 Å². The number of ether oxygens (including phenoxy) is 1. The van der Waals surface area contributed by atoms with E-state index in [2.05, 4.69) is 35.4 Å². The van der Waals surface area contributed by atoms with Crippen LogP contribution in [0.4, 0.5) is 5.95 Å². The van der Waals surface area contributed by atoms with Gasteiger partial charge in [-0.1, -0.05) is 0 Å². The average molecular weight is 441 g/mol. The normalized spacial score (nSPS) is 29.2. The molecule has 1 aliphatic heterocycles. The first-order chi connectivity index (χ1) is 11.6. The lowest BCUT2D eigenvalue weighted by atomic mass is 10.1. The molecule has 6 N–H and O–H groups in total. The molecule has 0 aromatic carbocycles. The monoisotopic (exact) mass is 440 g/mol. The molecule has 0 radical (unpaired) electrons. The van der Waals surface area contributed by atoms with Crippen LogP contribution in [0.5, 0.6) is 0 Å². The lowest BCUT2D eigenvalue weighted by Crippen LogP contribution is -2.34. The molecule has 1 fully saturated rings. The number of halogens is 1. The molecule has 15 heteroatoms. The van der Waals surface area contributed by atoms with E-state index in [1.165, 1.54) is 4.57 Å². The quantitative estimate of drug-likeness (QED) is 0.249.